The highest BCUT2D eigenvalue weighted by Crippen LogP contribution is 2.39. The maximum absolute atomic E-state index is 12.0. The first kappa shape index (κ1) is 52.7. The zero-order valence-corrected chi connectivity index (χ0v) is 40.4. The van der Waals surface area contributed by atoms with E-state index < -0.39 is 36.2 Å². The average Bonchev–Trinajstić information content (AvgIpc) is 3.30. The maximum Gasteiger partial charge on any atom is 0.425 e. The van der Waals surface area contributed by atoms with Gasteiger partial charge in [0.2, 0.25) is 0 Å². The standard InChI is InChI=1S/C47H43N9O5S.2O3S/c1-6-22-61-38-16-21-42(46(28-38)62(58,59)60)53-52-41-20-15-36(24-30(41)3)49-51-40-19-14-37(23-29(40)2)50-55-44-25-32(5)45(26-31(44)4)56-54-43-18-12-33-27-35(13-17-39(33)47(43)57)48-34-10-8-7-9-11-34;2*1-4(2)3/h7-21,23-28,48,57H,6,22H2,1-5H3,(H,58,59,60);;. The van der Waals surface area contributed by atoms with Crippen LogP contribution in [0.15, 0.2) is 173 Å². The van der Waals surface area contributed by atoms with Crippen LogP contribution in [0.25, 0.3) is 10.8 Å². The first-order valence-electron chi connectivity index (χ1n) is 20.7. The molecule has 3 N–H and O–H groups in total. The highest BCUT2D eigenvalue weighted by Gasteiger charge is 2.17. The smallest absolute Gasteiger partial charge is 0.425 e. The van der Waals surface area contributed by atoms with Gasteiger partial charge in [-0.05, 0) is 159 Å². The number of phenolic OH excluding ortho intramolecular Hbond substituents is 1. The van der Waals surface area contributed by atoms with Crippen molar-refractivity contribution in [3.63, 3.8) is 0 Å². The Morgan fingerprint density at radius 2 is 0.986 bits per heavy atom. The summed E-state index contributed by atoms with van der Waals surface area (Å²) in [6.07, 6.45) is 0.740. The molecule has 0 heterocycles. The van der Waals surface area contributed by atoms with E-state index in [1.54, 1.807) is 30.3 Å². The second-order valence-electron chi connectivity index (χ2n) is 14.9. The van der Waals surface area contributed by atoms with E-state index in [1.165, 1.54) is 12.1 Å². The average molecular weight is 1010 g/mol. The van der Waals surface area contributed by atoms with Crippen molar-refractivity contribution in [1.29, 1.82) is 0 Å². The van der Waals surface area contributed by atoms with E-state index in [4.69, 9.17) is 30.0 Å². The van der Waals surface area contributed by atoms with E-state index in [0.717, 1.165) is 45.4 Å². The molecule has 0 unspecified atom stereocenters. The molecule has 0 aliphatic heterocycles. The Morgan fingerprint density at radius 3 is 1.53 bits per heavy atom. The largest absolute Gasteiger partial charge is 0.505 e. The van der Waals surface area contributed by atoms with Crippen LogP contribution in [-0.4, -0.2) is 49.9 Å². The number of para-hydroxylation sites is 1. The number of aromatic hydroxyl groups is 1. The van der Waals surface area contributed by atoms with E-state index in [9.17, 15) is 18.1 Å². The molecule has 0 aliphatic carbocycles. The first-order chi connectivity index (χ1) is 33.3. The second-order valence-corrected chi connectivity index (χ2v) is 17.1. The van der Waals surface area contributed by atoms with Gasteiger partial charge in [-0.2, -0.15) is 39.1 Å². The van der Waals surface area contributed by atoms with Crippen LogP contribution in [0.5, 0.6) is 11.5 Å². The van der Waals surface area contributed by atoms with Gasteiger partial charge in [-0.25, -0.2) is 0 Å². The molecule has 0 amide bonds. The molecule has 0 spiro atoms. The van der Waals surface area contributed by atoms with E-state index in [0.29, 0.717) is 57.6 Å². The van der Waals surface area contributed by atoms with Gasteiger partial charge in [0.15, 0.2) is 5.75 Å². The number of rotatable bonds is 14. The molecular formula is C47H43N9O11S3. The summed E-state index contributed by atoms with van der Waals surface area (Å²) >= 11 is 0. The quantitative estimate of drug-likeness (QED) is 0.0677. The number of aryl methyl sites for hydroxylation is 4. The van der Waals surface area contributed by atoms with Gasteiger partial charge in [0, 0.05) is 22.8 Å². The van der Waals surface area contributed by atoms with Crippen molar-refractivity contribution in [1.82, 2.24) is 0 Å². The number of anilines is 2. The zero-order valence-electron chi connectivity index (χ0n) is 37.9. The molecule has 0 bridgehead atoms. The Morgan fingerprint density at radius 1 is 0.514 bits per heavy atom. The van der Waals surface area contributed by atoms with Crippen LogP contribution >= 0.6 is 0 Å². The topological polar surface area (TPSA) is 297 Å². The molecule has 0 fully saturated rings. The molecule has 7 aromatic carbocycles. The zero-order chi connectivity index (χ0) is 51.0. The number of hydrogen-bond acceptors (Lipinski definition) is 19. The number of phenols is 1. The van der Waals surface area contributed by atoms with E-state index in [1.807, 2.05) is 120 Å². The number of azo groups is 4. The van der Waals surface area contributed by atoms with Crippen molar-refractivity contribution in [3.8, 4) is 11.5 Å². The van der Waals surface area contributed by atoms with Crippen molar-refractivity contribution >= 4 is 99.0 Å². The Labute approximate surface area is 405 Å². The summed E-state index contributed by atoms with van der Waals surface area (Å²) in [4.78, 5) is -0.396. The lowest BCUT2D eigenvalue weighted by Crippen LogP contribution is -2.01. The van der Waals surface area contributed by atoms with Gasteiger partial charge >= 0.3 is 21.2 Å². The molecule has 7 rings (SSSR count). The first-order valence-corrected chi connectivity index (χ1v) is 24.1. The van der Waals surface area contributed by atoms with E-state index in [-0.39, 0.29) is 11.4 Å². The normalized spacial score (nSPS) is 11.4. The van der Waals surface area contributed by atoms with Gasteiger partial charge in [-0.1, -0.05) is 31.2 Å². The summed E-state index contributed by atoms with van der Waals surface area (Å²) in [7, 11) is -10.8. The fourth-order valence-corrected chi connectivity index (χ4v) is 6.95. The molecule has 0 atom stereocenters. The number of benzene rings is 7. The van der Waals surface area contributed by atoms with Crippen molar-refractivity contribution in [2.45, 2.75) is 45.9 Å². The Hall–Kier alpha value is -8.25. The number of nitrogens with one attached hydrogen (secondary N) is 1. The third kappa shape index (κ3) is 15.7. The summed E-state index contributed by atoms with van der Waals surface area (Å²) in [6, 6.07) is 38.0. The molecule has 70 heavy (non-hydrogen) atoms. The molecular weight excluding hydrogens is 963 g/mol. The van der Waals surface area contributed by atoms with Crippen LogP contribution in [0, 0.1) is 27.7 Å². The SMILES string of the molecule is CCCOc1ccc(N=Nc2ccc(N=Nc3ccc(N=Nc4cc(C)c(N=Nc5ccc6cc(Nc7ccccc7)ccc6c5O)cc4C)cc3C)cc2C)c(S(=O)(=O)O)c1.O=S(=O)=O.O=S(=O)=O. The monoisotopic (exact) mass is 1010 g/mol. The van der Waals surface area contributed by atoms with Gasteiger partial charge in [-0.15, -0.1) is 35.5 Å². The molecule has 0 aromatic heterocycles. The second kappa shape index (κ2) is 24.7. The van der Waals surface area contributed by atoms with E-state index >= 15 is 0 Å². The molecule has 0 saturated heterocycles. The number of hydrogen-bond donors (Lipinski definition) is 3. The van der Waals surface area contributed by atoms with Gasteiger partial charge in [0.05, 0.1) is 40.7 Å². The number of ether oxygens (including phenoxy) is 1. The third-order valence-corrected chi connectivity index (χ3v) is 10.5. The van der Waals surface area contributed by atoms with Crippen LogP contribution in [0.1, 0.15) is 35.6 Å². The highest BCUT2D eigenvalue weighted by atomic mass is 32.2. The van der Waals surface area contributed by atoms with Gasteiger partial charge in [0.1, 0.15) is 22.0 Å². The molecule has 0 radical (unpaired) electrons. The van der Waals surface area contributed by atoms with E-state index in [2.05, 4.69) is 46.2 Å². The Balaban J connectivity index is 0.00000106. The lowest BCUT2D eigenvalue weighted by Gasteiger charge is -2.09. The lowest BCUT2D eigenvalue weighted by atomic mass is 10.1. The lowest BCUT2D eigenvalue weighted by molar-refractivity contribution is 0.316. The van der Waals surface area contributed by atoms with Crippen LogP contribution in [0.2, 0.25) is 0 Å². The minimum Gasteiger partial charge on any atom is -0.505 e. The summed E-state index contributed by atoms with van der Waals surface area (Å²) in [5.74, 6) is 0.364. The molecule has 23 heteroatoms. The summed E-state index contributed by atoms with van der Waals surface area (Å²) < 4.78 is 90.0. The predicted octanol–water partition coefficient (Wildman–Crippen LogP) is 13.2. The van der Waals surface area contributed by atoms with Crippen LogP contribution in [0.3, 0.4) is 0 Å². The Kier molecular flexibility index (Phi) is 18.6. The molecule has 0 saturated carbocycles. The number of nitrogens with zero attached hydrogens (tertiary/aromatic N) is 8. The molecule has 360 valence electrons. The highest BCUT2D eigenvalue weighted by molar-refractivity contribution is 7.86. The Bertz CT molecular complexity index is 3480. The van der Waals surface area contributed by atoms with Gasteiger partial charge < -0.3 is 15.2 Å². The van der Waals surface area contributed by atoms with Crippen LogP contribution in [-0.2, 0) is 31.3 Å². The van der Waals surface area contributed by atoms with Crippen molar-refractivity contribution in [3.05, 3.63) is 150 Å². The van der Waals surface area contributed by atoms with Crippen molar-refractivity contribution < 1.29 is 48.1 Å². The number of fused-ring (bicyclic) bond motifs is 1. The van der Waals surface area contributed by atoms with Gasteiger partial charge in [-0.3, -0.25) is 4.55 Å². The molecule has 20 nitrogen and oxygen atoms in total. The minimum atomic E-state index is -4.57. The van der Waals surface area contributed by atoms with Crippen LogP contribution < -0.4 is 10.1 Å². The predicted molar refractivity (Wildman–Crippen MR) is 262 cm³/mol. The maximum atomic E-state index is 12.0. The van der Waals surface area contributed by atoms with Crippen LogP contribution in [0.4, 0.5) is 56.9 Å². The van der Waals surface area contributed by atoms with Crippen molar-refractivity contribution in [2.24, 2.45) is 40.9 Å². The molecule has 0 aliphatic rings. The van der Waals surface area contributed by atoms with Gasteiger partial charge in [0.25, 0.3) is 10.1 Å². The fraction of sp³-hybridized carbons (Fsp3) is 0.149. The fourth-order valence-electron chi connectivity index (χ4n) is 6.31. The summed E-state index contributed by atoms with van der Waals surface area (Å²) in [5, 5.41) is 51.0. The third-order valence-electron chi connectivity index (χ3n) is 9.67. The minimum absolute atomic E-state index is 0.0213. The summed E-state index contributed by atoms with van der Waals surface area (Å²) in [5.41, 5.74) is 9.20. The van der Waals surface area contributed by atoms with Crippen molar-refractivity contribution in [2.75, 3.05) is 11.9 Å². The molecule has 7 aromatic rings. The summed E-state index contributed by atoms with van der Waals surface area (Å²) in [6.45, 7) is 9.91.